The zero-order valence-corrected chi connectivity index (χ0v) is 15.9. The number of carbonyl (C=O) groups excluding carboxylic acids is 1. The molecular formula is C18H21N5O2S. The van der Waals surface area contributed by atoms with E-state index in [1.807, 2.05) is 4.90 Å². The molecule has 1 fully saturated rings. The van der Waals surface area contributed by atoms with Crippen molar-refractivity contribution in [2.45, 2.75) is 32.6 Å². The van der Waals surface area contributed by atoms with Gasteiger partial charge in [0.25, 0.3) is 5.91 Å². The Morgan fingerprint density at radius 2 is 1.92 bits per heavy atom. The van der Waals surface area contributed by atoms with Crippen LogP contribution in [0.4, 0.5) is 0 Å². The number of aromatic nitrogens is 4. The molecule has 136 valence electrons. The summed E-state index contributed by atoms with van der Waals surface area (Å²) in [5, 5.41) is 2.18. The van der Waals surface area contributed by atoms with Gasteiger partial charge in [-0.2, -0.15) is 0 Å². The molecule has 0 radical (unpaired) electrons. The number of likely N-dealkylation sites (tertiary alicyclic amines) is 1. The highest BCUT2D eigenvalue weighted by atomic mass is 32.1. The van der Waals surface area contributed by atoms with Crippen LogP contribution in [0, 0.1) is 13.8 Å². The van der Waals surface area contributed by atoms with Crippen molar-refractivity contribution in [3.05, 3.63) is 40.5 Å². The minimum Gasteiger partial charge on any atom is -0.467 e. The van der Waals surface area contributed by atoms with E-state index >= 15 is 0 Å². The number of hydrogen-bond acceptors (Lipinski definition) is 6. The summed E-state index contributed by atoms with van der Waals surface area (Å²) in [5.74, 6) is 1.42. The van der Waals surface area contributed by atoms with E-state index in [2.05, 4.69) is 33.6 Å². The molecule has 0 spiro atoms. The molecule has 0 bridgehead atoms. The van der Waals surface area contributed by atoms with Gasteiger partial charge in [-0.15, -0.1) is 11.3 Å². The number of thiazole rings is 1. The third-order valence-corrected chi connectivity index (χ3v) is 6.02. The van der Waals surface area contributed by atoms with Gasteiger partial charge < -0.3 is 9.64 Å². The predicted molar refractivity (Wildman–Crippen MR) is 99.0 cm³/mol. The van der Waals surface area contributed by atoms with Crippen LogP contribution in [0.2, 0.25) is 0 Å². The number of piperidine rings is 1. The molecule has 1 aliphatic rings. The Morgan fingerprint density at radius 3 is 2.58 bits per heavy atom. The molecule has 7 nitrogen and oxygen atoms in total. The first-order valence-corrected chi connectivity index (χ1v) is 9.54. The van der Waals surface area contributed by atoms with Gasteiger partial charge in [-0.3, -0.25) is 9.20 Å². The van der Waals surface area contributed by atoms with Crippen molar-refractivity contribution < 1.29 is 9.53 Å². The normalized spacial score (nSPS) is 15.6. The lowest BCUT2D eigenvalue weighted by Gasteiger charge is -2.31. The van der Waals surface area contributed by atoms with Crippen LogP contribution in [0.1, 0.15) is 46.3 Å². The van der Waals surface area contributed by atoms with Crippen LogP contribution in [0.15, 0.2) is 17.8 Å². The van der Waals surface area contributed by atoms with Gasteiger partial charge in [0.15, 0.2) is 0 Å². The Balaban J connectivity index is 1.47. The maximum atomic E-state index is 12.6. The molecule has 4 rings (SSSR count). The number of amides is 1. The Hall–Kier alpha value is -2.48. The number of carbonyl (C=O) groups is 1. The van der Waals surface area contributed by atoms with E-state index in [1.54, 1.807) is 11.3 Å². The zero-order chi connectivity index (χ0) is 18.3. The average molecular weight is 371 g/mol. The van der Waals surface area contributed by atoms with E-state index in [0.29, 0.717) is 11.5 Å². The number of methoxy groups -OCH3 is 1. The molecule has 3 aromatic heterocycles. The SMILES string of the molecule is COc1ncc(C(=O)N2CCC(c3nc(C)n4c(C)csc34)CC2)cn1. The molecule has 3 aromatic rings. The molecule has 8 heteroatoms. The Bertz CT molecular complexity index is 939. The maximum Gasteiger partial charge on any atom is 0.316 e. The first kappa shape index (κ1) is 17.0. The maximum absolute atomic E-state index is 12.6. The molecule has 0 atom stereocenters. The van der Waals surface area contributed by atoms with Gasteiger partial charge in [0, 0.05) is 42.5 Å². The fourth-order valence-electron chi connectivity index (χ4n) is 3.59. The lowest BCUT2D eigenvalue weighted by Crippen LogP contribution is -2.38. The van der Waals surface area contributed by atoms with Crippen molar-refractivity contribution in [3.63, 3.8) is 0 Å². The standard InChI is InChI=1S/C18H21N5O2S/c1-11-10-26-17-15(21-12(2)23(11)17)13-4-6-22(7-5-13)16(24)14-8-19-18(25-3)20-9-14/h8-10,13H,4-7H2,1-3H3. The van der Waals surface area contributed by atoms with Crippen molar-refractivity contribution >= 4 is 22.1 Å². The van der Waals surface area contributed by atoms with Gasteiger partial charge in [0.05, 0.1) is 18.4 Å². The average Bonchev–Trinajstić information content (AvgIpc) is 3.22. The molecule has 0 aliphatic carbocycles. The third-order valence-electron chi connectivity index (χ3n) is 4.95. The van der Waals surface area contributed by atoms with E-state index < -0.39 is 0 Å². The molecule has 0 unspecified atom stereocenters. The van der Waals surface area contributed by atoms with Crippen LogP contribution in [0.25, 0.3) is 4.83 Å². The Labute approximate surface area is 155 Å². The number of rotatable bonds is 3. The van der Waals surface area contributed by atoms with Gasteiger partial charge in [0.2, 0.25) is 0 Å². The van der Waals surface area contributed by atoms with Crippen molar-refractivity contribution in [1.29, 1.82) is 0 Å². The van der Waals surface area contributed by atoms with Gasteiger partial charge in [-0.1, -0.05) is 0 Å². The number of imidazole rings is 1. The van der Waals surface area contributed by atoms with Crippen LogP contribution in [-0.2, 0) is 0 Å². The molecule has 0 N–H and O–H groups in total. The van der Waals surface area contributed by atoms with Crippen LogP contribution < -0.4 is 4.74 Å². The molecular weight excluding hydrogens is 350 g/mol. The minimum atomic E-state index is -0.0239. The molecule has 1 amide bonds. The highest BCUT2D eigenvalue weighted by Crippen LogP contribution is 2.34. The van der Waals surface area contributed by atoms with E-state index in [-0.39, 0.29) is 11.9 Å². The molecule has 0 aromatic carbocycles. The summed E-state index contributed by atoms with van der Waals surface area (Å²) in [7, 11) is 1.51. The van der Waals surface area contributed by atoms with E-state index in [4.69, 9.17) is 9.72 Å². The molecule has 0 saturated carbocycles. The topological polar surface area (TPSA) is 72.6 Å². The second kappa shape index (κ2) is 6.68. The molecule has 1 aliphatic heterocycles. The quantitative estimate of drug-likeness (QED) is 0.708. The van der Waals surface area contributed by atoms with E-state index in [0.717, 1.165) is 31.8 Å². The van der Waals surface area contributed by atoms with Gasteiger partial charge in [-0.25, -0.2) is 15.0 Å². The minimum absolute atomic E-state index is 0.0239. The van der Waals surface area contributed by atoms with Gasteiger partial charge in [-0.05, 0) is 26.7 Å². The second-order valence-electron chi connectivity index (χ2n) is 6.59. The van der Waals surface area contributed by atoms with Crippen molar-refractivity contribution in [2.24, 2.45) is 0 Å². The lowest BCUT2D eigenvalue weighted by molar-refractivity contribution is 0.0711. The summed E-state index contributed by atoms with van der Waals surface area (Å²) in [6.45, 7) is 5.61. The van der Waals surface area contributed by atoms with E-state index in [9.17, 15) is 4.79 Å². The number of aryl methyl sites for hydroxylation is 2. The first-order valence-electron chi connectivity index (χ1n) is 8.67. The van der Waals surface area contributed by atoms with Crippen LogP contribution in [0.3, 0.4) is 0 Å². The summed E-state index contributed by atoms with van der Waals surface area (Å²) in [4.78, 5) is 28.6. The summed E-state index contributed by atoms with van der Waals surface area (Å²) >= 11 is 1.75. The van der Waals surface area contributed by atoms with Gasteiger partial charge >= 0.3 is 6.01 Å². The first-order chi connectivity index (χ1) is 12.6. The Kier molecular flexibility index (Phi) is 4.36. The summed E-state index contributed by atoms with van der Waals surface area (Å²) < 4.78 is 7.17. The number of hydrogen-bond donors (Lipinski definition) is 0. The van der Waals surface area contributed by atoms with Crippen molar-refractivity contribution in [3.8, 4) is 6.01 Å². The fourth-order valence-corrected chi connectivity index (χ4v) is 4.69. The summed E-state index contributed by atoms with van der Waals surface area (Å²) in [5.41, 5.74) is 2.91. The molecule has 1 saturated heterocycles. The highest BCUT2D eigenvalue weighted by Gasteiger charge is 2.28. The highest BCUT2D eigenvalue weighted by molar-refractivity contribution is 7.15. The fraction of sp³-hybridized carbons (Fsp3) is 0.444. The van der Waals surface area contributed by atoms with Crippen LogP contribution >= 0.6 is 11.3 Å². The van der Waals surface area contributed by atoms with E-state index in [1.165, 1.54) is 35.7 Å². The number of nitrogens with zero attached hydrogens (tertiary/aromatic N) is 5. The Morgan fingerprint density at radius 1 is 1.23 bits per heavy atom. The lowest BCUT2D eigenvalue weighted by atomic mass is 9.93. The predicted octanol–water partition coefficient (Wildman–Crippen LogP) is 2.83. The number of fused-ring (bicyclic) bond motifs is 1. The van der Waals surface area contributed by atoms with Crippen LogP contribution in [-0.4, -0.2) is 50.4 Å². The van der Waals surface area contributed by atoms with Crippen LogP contribution in [0.5, 0.6) is 6.01 Å². The second-order valence-corrected chi connectivity index (χ2v) is 7.44. The summed E-state index contributed by atoms with van der Waals surface area (Å²) in [6.07, 6.45) is 4.89. The van der Waals surface area contributed by atoms with Crippen molar-refractivity contribution in [2.75, 3.05) is 20.2 Å². The van der Waals surface area contributed by atoms with Crippen molar-refractivity contribution in [1.82, 2.24) is 24.3 Å². The third kappa shape index (κ3) is 2.84. The smallest absolute Gasteiger partial charge is 0.316 e. The molecule has 4 heterocycles. The zero-order valence-electron chi connectivity index (χ0n) is 15.1. The summed E-state index contributed by atoms with van der Waals surface area (Å²) in [6, 6.07) is 0.269. The molecule has 26 heavy (non-hydrogen) atoms. The monoisotopic (exact) mass is 371 g/mol. The largest absolute Gasteiger partial charge is 0.467 e. The van der Waals surface area contributed by atoms with Gasteiger partial charge in [0.1, 0.15) is 10.7 Å². The number of ether oxygens (including phenoxy) is 1.